The highest BCUT2D eigenvalue weighted by molar-refractivity contribution is 7.89. The molecule has 156 valence electrons. The van der Waals surface area contributed by atoms with Crippen LogP contribution in [0.2, 0.25) is 5.02 Å². The van der Waals surface area contributed by atoms with E-state index in [-0.39, 0.29) is 17.0 Å². The Morgan fingerprint density at radius 1 is 1.03 bits per heavy atom. The molecule has 0 bridgehead atoms. The first-order valence-corrected chi connectivity index (χ1v) is 11.0. The van der Waals surface area contributed by atoms with Crippen LogP contribution >= 0.6 is 11.6 Å². The molecule has 3 rings (SSSR count). The largest absolute Gasteiger partial charge is 0.324 e. The molecule has 0 aromatic heterocycles. The summed E-state index contributed by atoms with van der Waals surface area (Å²) in [5.41, 5.74) is 1.71. The van der Waals surface area contributed by atoms with Gasteiger partial charge in [0.25, 0.3) is 0 Å². The minimum atomic E-state index is -4.00. The van der Waals surface area contributed by atoms with E-state index in [9.17, 15) is 17.6 Å². The maximum atomic E-state index is 13.6. The Labute approximate surface area is 179 Å². The van der Waals surface area contributed by atoms with Crippen molar-refractivity contribution < 1.29 is 17.6 Å². The van der Waals surface area contributed by atoms with Crippen LogP contribution in [-0.2, 0) is 21.2 Å². The number of rotatable bonds is 7. The summed E-state index contributed by atoms with van der Waals surface area (Å²) in [5, 5.41) is 3.02. The van der Waals surface area contributed by atoms with Crippen molar-refractivity contribution >= 4 is 33.2 Å². The first kappa shape index (κ1) is 22.0. The van der Waals surface area contributed by atoms with Gasteiger partial charge in [-0.2, -0.15) is 4.72 Å². The van der Waals surface area contributed by atoms with Gasteiger partial charge in [0.15, 0.2) is 0 Å². The van der Waals surface area contributed by atoms with Crippen molar-refractivity contribution in [3.8, 4) is 0 Å². The molecule has 0 unspecified atom stereocenters. The van der Waals surface area contributed by atoms with Gasteiger partial charge in [-0.3, -0.25) is 4.79 Å². The molecule has 3 aromatic rings. The maximum absolute atomic E-state index is 13.6. The van der Waals surface area contributed by atoms with Gasteiger partial charge in [-0.1, -0.05) is 48.0 Å². The summed E-state index contributed by atoms with van der Waals surface area (Å²) in [4.78, 5) is 12.9. The molecule has 0 heterocycles. The second-order valence-electron chi connectivity index (χ2n) is 6.77. The molecule has 0 saturated carbocycles. The minimum absolute atomic E-state index is 0.0142. The number of sulfonamides is 1. The smallest absolute Gasteiger partial charge is 0.242 e. The normalized spacial score (nSPS) is 12.4. The monoisotopic (exact) mass is 446 g/mol. The predicted octanol–water partition coefficient (Wildman–Crippen LogP) is 4.32. The molecular formula is C22H20ClFN2O3S. The lowest BCUT2D eigenvalue weighted by atomic mass is 10.1. The Morgan fingerprint density at radius 2 is 1.70 bits per heavy atom. The third kappa shape index (κ3) is 5.66. The first-order valence-electron chi connectivity index (χ1n) is 9.13. The Balaban J connectivity index is 1.88. The lowest BCUT2D eigenvalue weighted by molar-refractivity contribution is -0.117. The van der Waals surface area contributed by atoms with Crippen molar-refractivity contribution in [1.29, 1.82) is 0 Å². The van der Waals surface area contributed by atoms with E-state index in [0.29, 0.717) is 10.6 Å². The maximum Gasteiger partial charge on any atom is 0.242 e. The Hall–Kier alpha value is -2.74. The van der Waals surface area contributed by atoms with Crippen molar-refractivity contribution in [1.82, 2.24) is 4.72 Å². The molecule has 0 saturated heterocycles. The Bertz CT molecular complexity index is 1140. The summed E-state index contributed by atoms with van der Waals surface area (Å²) >= 11 is 5.83. The van der Waals surface area contributed by atoms with Gasteiger partial charge >= 0.3 is 0 Å². The zero-order valence-corrected chi connectivity index (χ0v) is 17.7. The molecule has 2 N–H and O–H groups in total. The third-order valence-electron chi connectivity index (χ3n) is 4.48. The highest BCUT2D eigenvalue weighted by atomic mass is 35.5. The summed E-state index contributed by atoms with van der Waals surface area (Å²) < 4.78 is 41.7. The molecule has 0 spiro atoms. The van der Waals surface area contributed by atoms with E-state index in [1.165, 1.54) is 42.5 Å². The molecule has 0 fully saturated rings. The summed E-state index contributed by atoms with van der Waals surface area (Å²) in [7, 11) is -4.00. The van der Waals surface area contributed by atoms with E-state index in [0.717, 1.165) is 5.56 Å². The fraction of sp³-hybridized carbons (Fsp3) is 0.136. The molecule has 0 aliphatic heterocycles. The zero-order chi connectivity index (χ0) is 21.7. The van der Waals surface area contributed by atoms with E-state index in [1.54, 1.807) is 31.2 Å². The van der Waals surface area contributed by atoms with Gasteiger partial charge in [-0.25, -0.2) is 12.8 Å². The molecule has 1 atom stereocenters. The zero-order valence-electron chi connectivity index (χ0n) is 16.1. The van der Waals surface area contributed by atoms with Crippen molar-refractivity contribution in [2.24, 2.45) is 0 Å². The minimum Gasteiger partial charge on any atom is -0.324 e. The molecule has 3 aromatic carbocycles. The predicted molar refractivity (Wildman–Crippen MR) is 115 cm³/mol. The topological polar surface area (TPSA) is 75.3 Å². The number of amides is 1. The van der Waals surface area contributed by atoms with Crippen LogP contribution in [0.4, 0.5) is 10.1 Å². The molecule has 0 radical (unpaired) electrons. The fourth-order valence-electron chi connectivity index (χ4n) is 2.86. The highest BCUT2D eigenvalue weighted by Gasteiger charge is 2.26. The molecular weight excluding hydrogens is 427 g/mol. The van der Waals surface area contributed by atoms with Crippen LogP contribution in [0.5, 0.6) is 0 Å². The first-order chi connectivity index (χ1) is 14.2. The number of benzene rings is 3. The van der Waals surface area contributed by atoms with Crippen molar-refractivity contribution in [3.05, 3.63) is 94.8 Å². The molecule has 0 aliphatic carbocycles. The van der Waals surface area contributed by atoms with Crippen LogP contribution in [0.15, 0.2) is 77.7 Å². The summed E-state index contributed by atoms with van der Waals surface area (Å²) in [6.45, 7) is 1.72. The van der Waals surface area contributed by atoms with Crippen LogP contribution in [0.3, 0.4) is 0 Å². The second-order valence-corrected chi connectivity index (χ2v) is 8.92. The fourth-order valence-corrected chi connectivity index (χ4v) is 4.18. The van der Waals surface area contributed by atoms with Crippen molar-refractivity contribution in [2.45, 2.75) is 24.3 Å². The molecule has 0 aliphatic rings. The van der Waals surface area contributed by atoms with Gasteiger partial charge in [-0.05, 0) is 60.9 Å². The van der Waals surface area contributed by atoms with Crippen LogP contribution in [0, 0.1) is 12.7 Å². The van der Waals surface area contributed by atoms with Gasteiger partial charge in [0.1, 0.15) is 11.9 Å². The Morgan fingerprint density at radius 3 is 2.37 bits per heavy atom. The number of aryl methyl sites for hydroxylation is 1. The molecule has 5 nitrogen and oxygen atoms in total. The van der Waals surface area contributed by atoms with Gasteiger partial charge in [-0.15, -0.1) is 0 Å². The average Bonchev–Trinajstić information content (AvgIpc) is 2.71. The quantitative estimate of drug-likeness (QED) is 0.567. The van der Waals surface area contributed by atoms with Crippen LogP contribution in [0.1, 0.15) is 11.1 Å². The number of hydrogen-bond donors (Lipinski definition) is 2. The van der Waals surface area contributed by atoms with Gasteiger partial charge in [0.05, 0.1) is 4.90 Å². The summed E-state index contributed by atoms with van der Waals surface area (Å²) in [5.74, 6) is -1.10. The standard InChI is InChI=1S/C22H20ClFN2O3S/c1-15-7-10-18(24)14-20(15)25-22(27)21(13-16-5-3-2-4-6-16)26-30(28,29)19-11-8-17(23)9-12-19/h2-12,14,21,26H,13H2,1H3,(H,25,27)/t21-/m1/s1. The van der Waals surface area contributed by atoms with Crippen LogP contribution in [-0.4, -0.2) is 20.4 Å². The summed E-state index contributed by atoms with van der Waals surface area (Å²) in [6, 6.07) is 17.6. The lowest BCUT2D eigenvalue weighted by Crippen LogP contribution is -2.45. The highest BCUT2D eigenvalue weighted by Crippen LogP contribution is 2.18. The van der Waals surface area contributed by atoms with Crippen molar-refractivity contribution in [3.63, 3.8) is 0 Å². The van der Waals surface area contributed by atoms with E-state index in [1.807, 2.05) is 6.07 Å². The summed E-state index contributed by atoms with van der Waals surface area (Å²) in [6.07, 6.45) is 0.119. The number of anilines is 1. The number of carbonyl (C=O) groups excluding carboxylic acids is 1. The van der Waals surface area contributed by atoms with Gasteiger partial charge < -0.3 is 5.32 Å². The van der Waals surface area contributed by atoms with Crippen molar-refractivity contribution in [2.75, 3.05) is 5.32 Å². The van der Waals surface area contributed by atoms with Gasteiger partial charge in [0, 0.05) is 10.7 Å². The second kappa shape index (κ2) is 9.38. The van der Waals surface area contributed by atoms with Crippen LogP contribution < -0.4 is 10.0 Å². The molecule has 30 heavy (non-hydrogen) atoms. The van der Waals surface area contributed by atoms with E-state index in [4.69, 9.17) is 11.6 Å². The van der Waals surface area contributed by atoms with E-state index < -0.39 is 27.8 Å². The number of carbonyl (C=O) groups is 1. The number of hydrogen-bond acceptors (Lipinski definition) is 3. The lowest BCUT2D eigenvalue weighted by Gasteiger charge is -2.19. The van der Waals surface area contributed by atoms with Gasteiger partial charge in [0.2, 0.25) is 15.9 Å². The third-order valence-corrected chi connectivity index (χ3v) is 6.22. The van der Waals surface area contributed by atoms with E-state index in [2.05, 4.69) is 10.0 Å². The Kier molecular flexibility index (Phi) is 6.87. The van der Waals surface area contributed by atoms with E-state index >= 15 is 0 Å². The molecule has 1 amide bonds. The molecule has 8 heteroatoms. The SMILES string of the molecule is Cc1ccc(F)cc1NC(=O)[C@@H](Cc1ccccc1)NS(=O)(=O)c1ccc(Cl)cc1. The number of halogens is 2. The van der Waals surface area contributed by atoms with Crippen LogP contribution in [0.25, 0.3) is 0 Å². The number of nitrogens with one attached hydrogen (secondary N) is 2. The average molecular weight is 447 g/mol.